The molecule has 2 aliphatic heterocycles. The molecule has 30 heavy (non-hydrogen) atoms. The first kappa shape index (κ1) is 20.9. The van der Waals surface area contributed by atoms with E-state index in [9.17, 15) is 14.4 Å². The second kappa shape index (κ2) is 9.63. The van der Waals surface area contributed by atoms with Crippen molar-refractivity contribution in [3.63, 3.8) is 0 Å². The first-order chi connectivity index (χ1) is 14.6. The molecular weight excluding hydrogens is 378 g/mol. The quantitative estimate of drug-likeness (QED) is 0.722. The number of piperidine rings is 1. The first-order valence-corrected chi connectivity index (χ1v) is 11.5. The Kier molecular flexibility index (Phi) is 6.70. The molecular formula is C24H33N3O3. The third-order valence-electron chi connectivity index (χ3n) is 6.65. The summed E-state index contributed by atoms with van der Waals surface area (Å²) in [6.45, 7) is 3.82. The van der Waals surface area contributed by atoms with Gasteiger partial charge in [0.2, 0.25) is 17.7 Å². The van der Waals surface area contributed by atoms with E-state index in [0.29, 0.717) is 39.1 Å². The summed E-state index contributed by atoms with van der Waals surface area (Å²) in [5, 5.41) is 0. The minimum absolute atomic E-state index is 0.0745. The normalized spacial score (nSPS) is 22.1. The van der Waals surface area contributed by atoms with Gasteiger partial charge in [-0.25, -0.2) is 0 Å². The van der Waals surface area contributed by atoms with E-state index in [2.05, 4.69) is 12.1 Å². The Balaban J connectivity index is 1.19. The molecule has 0 bridgehead atoms. The molecule has 1 unspecified atom stereocenters. The number of hydrogen-bond donors (Lipinski definition) is 0. The maximum absolute atomic E-state index is 13.0. The molecule has 1 atom stereocenters. The Hall–Kier alpha value is -2.37. The number of likely N-dealkylation sites (tertiary alicyclic amines) is 1. The molecule has 3 amide bonds. The van der Waals surface area contributed by atoms with Gasteiger partial charge in [-0.1, -0.05) is 30.3 Å². The first-order valence-electron chi connectivity index (χ1n) is 11.5. The summed E-state index contributed by atoms with van der Waals surface area (Å²) in [6.07, 6.45) is 6.13. The zero-order valence-corrected chi connectivity index (χ0v) is 17.8. The molecule has 6 nitrogen and oxygen atoms in total. The Morgan fingerprint density at radius 3 is 2.13 bits per heavy atom. The van der Waals surface area contributed by atoms with Crippen molar-refractivity contribution in [2.75, 3.05) is 39.3 Å². The molecule has 1 aliphatic carbocycles. The molecule has 0 spiro atoms. The summed E-state index contributed by atoms with van der Waals surface area (Å²) in [5.74, 6) is 0.750. The van der Waals surface area contributed by atoms with Gasteiger partial charge in [0, 0.05) is 51.6 Å². The van der Waals surface area contributed by atoms with E-state index in [0.717, 1.165) is 45.1 Å². The third-order valence-corrected chi connectivity index (χ3v) is 6.65. The molecule has 4 rings (SSSR count). The van der Waals surface area contributed by atoms with Gasteiger partial charge in [0.05, 0.1) is 5.92 Å². The van der Waals surface area contributed by atoms with Gasteiger partial charge in [0.15, 0.2) is 0 Å². The average Bonchev–Trinajstić information content (AvgIpc) is 3.64. The maximum atomic E-state index is 13.0. The lowest BCUT2D eigenvalue weighted by molar-refractivity contribution is -0.145. The van der Waals surface area contributed by atoms with Crippen LogP contribution in [0.1, 0.15) is 44.1 Å². The standard InChI is InChI=1S/C24H33N3O3/c28-22(10-4-8-19-6-2-1-3-7-19)25-14-16-26(17-15-25)24(30)21-9-5-13-27(18-21)23(29)20-11-12-20/h1-3,6-7,20-21H,4-5,8-18H2. The van der Waals surface area contributed by atoms with Crippen LogP contribution in [0, 0.1) is 11.8 Å². The molecule has 0 radical (unpaired) electrons. The van der Waals surface area contributed by atoms with Crippen molar-refractivity contribution in [3.05, 3.63) is 35.9 Å². The predicted octanol–water partition coefficient (Wildman–Crippen LogP) is 2.33. The topological polar surface area (TPSA) is 60.9 Å². The van der Waals surface area contributed by atoms with E-state index in [1.54, 1.807) is 0 Å². The summed E-state index contributed by atoms with van der Waals surface area (Å²) < 4.78 is 0. The minimum atomic E-state index is -0.0745. The van der Waals surface area contributed by atoms with Crippen LogP contribution in [0.2, 0.25) is 0 Å². The number of piperazine rings is 1. The van der Waals surface area contributed by atoms with E-state index < -0.39 is 0 Å². The molecule has 0 aromatic heterocycles. The lowest BCUT2D eigenvalue weighted by Crippen LogP contribution is -2.54. The van der Waals surface area contributed by atoms with E-state index in [1.807, 2.05) is 32.9 Å². The summed E-state index contributed by atoms with van der Waals surface area (Å²) in [4.78, 5) is 43.6. The van der Waals surface area contributed by atoms with Crippen molar-refractivity contribution >= 4 is 17.7 Å². The van der Waals surface area contributed by atoms with Crippen molar-refractivity contribution in [1.29, 1.82) is 0 Å². The van der Waals surface area contributed by atoms with Crippen LogP contribution in [-0.2, 0) is 20.8 Å². The summed E-state index contributed by atoms with van der Waals surface area (Å²) in [6, 6.07) is 10.3. The molecule has 1 aromatic carbocycles. The van der Waals surface area contributed by atoms with Crippen LogP contribution < -0.4 is 0 Å². The largest absolute Gasteiger partial charge is 0.342 e. The average molecular weight is 412 g/mol. The van der Waals surface area contributed by atoms with Gasteiger partial charge in [-0.15, -0.1) is 0 Å². The van der Waals surface area contributed by atoms with Gasteiger partial charge in [-0.2, -0.15) is 0 Å². The van der Waals surface area contributed by atoms with Crippen LogP contribution in [0.15, 0.2) is 30.3 Å². The van der Waals surface area contributed by atoms with Crippen molar-refractivity contribution in [1.82, 2.24) is 14.7 Å². The van der Waals surface area contributed by atoms with E-state index in [-0.39, 0.29) is 29.6 Å². The van der Waals surface area contributed by atoms with Gasteiger partial charge < -0.3 is 14.7 Å². The smallest absolute Gasteiger partial charge is 0.227 e. The highest BCUT2D eigenvalue weighted by atomic mass is 16.2. The molecule has 1 aromatic rings. The lowest BCUT2D eigenvalue weighted by atomic mass is 9.95. The van der Waals surface area contributed by atoms with E-state index in [4.69, 9.17) is 0 Å². The third kappa shape index (κ3) is 5.21. The fourth-order valence-electron chi connectivity index (χ4n) is 4.65. The number of hydrogen-bond acceptors (Lipinski definition) is 3. The van der Waals surface area contributed by atoms with Crippen LogP contribution in [-0.4, -0.2) is 71.7 Å². The Labute approximate surface area is 179 Å². The maximum Gasteiger partial charge on any atom is 0.227 e. The molecule has 3 fully saturated rings. The van der Waals surface area contributed by atoms with Gasteiger partial charge >= 0.3 is 0 Å². The number of carbonyl (C=O) groups excluding carboxylic acids is 3. The number of nitrogens with zero attached hydrogens (tertiary/aromatic N) is 3. The Bertz CT molecular complexity index is 754. The molecule has 1 saturated carbocycles. The zero-order chi connectivity index (χ0) is 20.9. The number of amides is 3. The number of rotatable bonds is 6. The van der Waals surface area contributed by atoms with Crippen LogP contribution in [0.3, 0.4) is 0 Å². The Morgan fingerprint density at radius 1 is 0.767 bits per heavy atom. The van der Waals surface area contributed by atoms with Gasteiger partial charge in [-0.05, 0) is 44.1 Å². The number of carbonyl (C=O) groups is 3. The fraction of sp³-hybridized carbons (Fsp3) is 0.625. The second-order valence-electron chi connectivity index (χ2n) is 8.94. The van der Waals surface area contributed by atoms with Gasteiger partial charge in [0.25, 0.3) is 0 Å². The van der Waals surface area contributed by atoms with Crippen LogP contribution >= 0.6 is 0 Å². The fourth-order valence-corrected chi connectivity index (χ4v) is 4.65. The molecule has 2 heterocycles. The van der Waals surface area contributed by atoms with Crippen molar-refractivity contribution in [3.8, 4) is 0 Å². The summed E-state index contributed by atoms with van der Waals surface area (Å²) in [5.41, 5.74) is 1.27. The molecule has 0 N–H and O–H groups in total. The highest BCUT2D eigenvalue weighted by molar-refractivity contribution is 5.84. The lowest BCUT2D eigenvalue weighted by Gasteiger charge is -2.39. The molecule has 3 aliphatic rings. The number of benzene rings is 1. The van der Waals surface area contributed by atoms with Gasteiger partial charge in [-0.3, -0.25) is 14.4 Å². The minimum Gasteiger partial charge on any atom is -0.342 e. The second-order valence-corrected chi connectivity index (χ2v) is 8.94. The van der Waals surface area contributed by atoms with E-state index >= 15 is 0 Å². The highest BCUT2D eigenvalue weighted by Crippen LogP contribution is 2.32. The van der Waals surface area contributed by atoms with Crippen molar-refractivity contribution < 1.29 is 14.4 Å². The molecule has 6 heteroatoms. The van der Waals surface area contributed by atoms with Crippen LogP contribution in [0.5, 0.6) is 0 Å². The Morgan fingerprint density at radius 2 is 1.43 bits per heavy atom. The van der Waals surface area contributed by atoms with E-state index in [1.165, 1.54) is 5.56 Å². The zero-order valence-electron chi connectivity index (χ0n) is 17.8. The highest BCUT2D eigenvalue weighted by Gasteiger charge is 2.38. The molecule has 2 saturated heterocycles. The van der Waals surface area contributed by atoms with Crippen molar-refractivity contribution in [2.24, 2.45) is 11.8 Å². The molecule has 162 valence electrons. The monoisotopic (exact) mass is 411 g/mol. The summed E-state index contributed by atoms with van der Waals surface area (Å²) in [7, 11) is 0. The van der Waals surface area contributed by atoms with Gasteiger partial charge in [0.1, 0.15) is 0 Å². The van der Waals surface area contributed by atoms with Crippen LogP contribution in [0.25, 0.3) is 0 Å². The SMILES string of the molecule is O=C(CCCc1ccccc1)N1CCN(C(=O)C2CCCN(C(=O)C3CC3)C2)CC1. The number of aryl methyl sites for hydroxylation is 1. The summed E-state index contributed by atoms with van der Waals surface area (Å²) >= 11 is 0. The predicted molar refractivity (Wildman–Crippen MR) is 115 cm³/mol. The van der Waals surface area contributed by atoms with Crippen LogP contribution in [0.4, 0.5) is 0 Å². The van der Waals surface area contributed by atoms with Crippen molar-refractivity contribution in [2.45, 2.75) is 44.9 Å².